The van der Waals surface area contributed by atoms with Crippen molar-refractivity contribution in [1.29, 1.82) is 0 Å². The van der Waals surface area contributed by atoms with E-state index in [0.717, 1.165) is 5.33 Å². The van der Waals surface area contributed by atoms with Gasteiger partial charge in [0.05, 0.1) is 13.2 Å². The zero-order valence-corrected chi connectivity index (χ0v) is 6.08. The summed E-state index contributed by atoms with van der Waals surface area (Å²) in [6, 6.07) is 0. The molecule has 0 aromatic carbocycles. The molecule has 0 spiro atoms. The summed E-state index contributed by atoms with van der Waals surface area (Å²) in [6.45, 7) is 0.581. The molecule has 0 unspecified atom stereocenters. The molecule has 1 aliphatic heterocycles. The summed E-state index contributed by atoms with van der Waals surface area (Å²) in [5.74, 6) is 0. The van der Waals surface area contributed by atoms with Crippen molar-refractivity contribution in [2.75, 3.05) is 18.5 Å². The summed E-state index contributed by atoms with van der Waals surface area (Å²) >= 11 is 3.16. The smallest absolute Gasteiger partial charge is 0.158 e. The van der Waals surface area contributed by atoms with E-state index >= 15 is 0 Å². The Morgan fingerprint density at radius 1 is 1.62 bits per heavy atom. The summed E-state index contributed by atoms with van der Waals surface area (Å²) in [5, 5.41) is 0.729. The molecule has 0 bridgehead atoms. The van der Waals surface area contributed by atoms with Gasteiger partial charge in [-0.3, -0.25) is 0 Å². The number of halogens is 2. The predicted octanol–water partition coefficient (Wildman–Crippen LogP) is 1.51. The Bertz CT molecular complexity index is 82.5. The maximum atomic E-state index is 12.8. The van der Waals surface area contributed by atoms with E-state index in [-0.39, 0.29) is 0 Å². The minimum Gasteiger partial charge on any atom is -0.375 e. The molecule has 3 heteroatoms. The fourth-order valence-electron chi connectivity index (χ4n) is 0.637. The summed E-state index contributed by atoms with van der Waals surface area (Å²) < 4.78 is 17.4. The van der Waals surface area contributed by atoms with Gasteiger partial charge in [0.25, 0.3) is 0 Å². The highest BCUT2D eigenvalue weighted by atomic mass is 79.9. The number of hydrogen-bond donors (Lipinski definition) is 0. The zero-order chi connectivity index (χ0) is 6.04. The molecule has 0 radical (unpaired) electrons. The molecule has 0 amide bonds. The summed E-state index contributed by atoms with van der Waals surface area (Å²) in [7, 11) is 0. The Morgan fingerprint density at radius 2 is 2.25 bits per heavy atom. The molecule has 48 valence electrons. The lowest BCUT2D eigenvalue weighted by atomic mass is 10.0. The molecule has 8 heavy (non-hydrogen) atoms. The lowest BCUT2D eigenvalue weighted by Gasteiger charge is -2.32. The molecule has 0 atom stereocenters. The van der Waals surface area contributed by atoms with E-state index in [2.05, 4.69) is 15.9 Å². The monoisotopic (exact) mass is 182 g/mol. The predicted molar refractivity (Wildman–Crippen MR) is 33.1 cm³/mol. The van der Waals surface area contributed by atoms with Crippen molar-refractivity contribution in [1.82, 2.24) is 0 Å². The Labute approximate surface area is 56.3 Å². The Morgan fingerprint density at radius 3 is 2.38 bits per heavy atom. The topological polar surface area (TPSA) is 9.23 Å². The van der Waals surface area contributed by atoms with Crippen molar-refractivity contribution in [2.45, 2.75) is 12.1 Å². The van der Waals surface area contributed by atoms with Crippen molar-refractivity contribution in [3.05, 3.63) is 0 Å². The van der Waals surface area contributed by atoms with Gasteiger partial charge in [-0.05, 0) is 6.42 Å². The second-order valence-electron chi connectivity index (χ2n) is 2.08. The molecule has 1 heterocycles. The van der Waals surface area contributed by atoms with Gasteiger partial charge in [-0.15, -0.1) is 0 Å². The fourth-order valence-corrected chi connectivity index (χ4v) is 1.35. The number of ether oxygens (including phenoxy) is 1. The van der Waals surface area contributed by atoms with Crippen molar-refractivity contribution in [3.63, 3.8) is 0 Å². The minimum atomic E-state index is -0.997. The van der Waals surface area contributed by atoms with Gasteiger partial charge in [0, 0.05) is 5.33 Å². The molecule has 0 aliphatic carbocycles. The Hall–Kier alpha value is 0.370. The first-order valence-corrected chi connectivity index (χ1v) is 3.72. The molecule has 1 saturated heterocycles. The van der Waals surface area contributed by atoms with Crippen molar-refractivity contribution < 1.29 is 9.13 Å². The SMILES string of the molecule is FC1(CCBr)COC1. The van der Waals surface area contributed by atoms with Crippen LogP contribution < -0.4 is 0 Å². The molecule has 1 fully saturated rings. The fraction of sp³-hybridized carbons (Fsp3) is 1.00. The van der Waals surface area contributed by atoms with Gasteiger partial charge in [0.1, 0.15) is 0 Å². The molecule has 0 saturated carbocycles. The average Bonchev–Trinajstić information content (AvgIpc) is 1.64. The van der Waals surface area contributed by atoms with E-state index in [0.29, 0.717) is 19.6 Å². The van der Waals surface area contributed by atoms with E-state index in [1.165, 1.54) is 0 Å². The first-order chi connectivity index (χ1) is 3.77. The van der Waals surface area contributed by atoms with Crippen molar-refractivity contribution in [2.24, 2.45) is 0 Å². The second-order valence-corrected chi connectivity index (χ2v) is 2.88. The highest BCUT2D eigenvalue weighted by Gasteiger charge is 2.37. The highest BCUT2D eigenvalue weighted by Crippen LogP contribution is 2.25. The first kappa shape index (κ1) is 6.49. The number of alkyl halides is 2. The molecule has 0 N–H and O–H groups in total. The summed E-state index contributed by atoms with van der Waals surface area (Å²) in [4.78, 5) is 0. The van der Waals surface area contributed by atoms with Gasteiger partial charge in [0.2, 0.25) is 0 Å². The quantitative estimate of drug-likeness (QED) is 0.589. The van der Waals surface area contributed by atoms with Crippen LogP contribution in [0.25, 0.3) is 0 Å². The third-order valence-corrected chi connectivity index (χ3v) is 1.66. The molecule has 1 rings (SSSR count). The van der Waals surface area contributed by atoms with Crippen LogP contribution >= 0.6 is 15.9 Å². The molecular formula is C5H8BrFO. The van der Waals surface area contributed by atoms with Crippen LogP contribution in [0.15, 0.2) is 0 Å². The van der Waals surface area contributed by atoms with Gasteiger partial charge in [-0.2, -0.15) is 0 Å². The van der Waals surface area contributed by atoms with Gasteiger partial charge in [-0.25, -0.2) is 4.39 Å². The Kier molecular flexibility index (Phi) is 1.88. The van der Waals surface area contributed by atoms with E-state index in [1.807, 2.05) is 0 Å². The van der Waals surface area contributed by atoms with Crippen LogP contribution in [0.2, 0.25) is 0 Å². The maximum Gasteiger partial charge on any atom is 0.158 e. The van der Waals surface area contributed by atoms with Crippen LogP contribution in [0.1, 0.15) is 6.42 Å². The van der Waals surface area contributed by atoms with Crippen molar-refractivity contribution in [3.8, 4) is 0 Å². The minimum absolute atomic E-state index is 0.290. The van der Waals surface area contributed by atoms with Crippen LogP contribution in [-0.4, -0.2) is 24.2 Å². The summed E-state index contributed by atoms with van der Waals surface area (Å²) in [6.07, 6.45) is 0.576. The van der Waals surface area contributed by atoms with Gasteiger partial charge in [0.15, 0.2) is 5.67 Å². The molecular weight excluding hydrogens is 175 g/mol. The summed E-state index contributed by atoms with van der Waals surface area (Å²) in [5.41, 5.74) is -0.997. The number of hydrogen-bond acceptors (Lipinski definition) is 1. The van der Waals surface area contributed by atoms with Crippen LogP contribution in [0, 0.1) is 0 Å². The second kappa shape index (κ2) is 2.31. The molecule has 0 aromatic rings. The lowest BCUT2D eigenvalue weighted by molar-refractivity contribution is -0.130. The lowest BCUT2D eigenvalue weighted by Crippen LogP contribution is -2.45. The van der Waals surface area contributed by atoms with Gasteiger partial charge < -0.3 is 4.74 Å². The van der Waals surface area contributed by atoms with Gasteiger partial charge in [-0.1, -0.05) is 15.9 Å². The first-order valence-electron chi connectivity index (χ1n) is 2.59. The van der Waals surface area contributed by atoms with Gasteiger partial charge >= 0.3 is 0 Å². The normalized spacial score (nSPS) is 24.8. The molecule has 0 aromatic heterocycles. The molecule has 1 nitrogen and oxygen atoms in total. The maximum absolute atomic E-state index is 12.8. The standard InChI is InChI=1S/C5H8BrFO/c6-2-1-5(7)3-8-4-5/h1-4H2. The molecule has 1 aliphatic rings. The highest BCUT2D eigenvalue weighted by molar-refractivity contribution is 9.09. The van der Waals surface area contributed by atoms with E-state index in [1.54, 1.807) is 0 Å². The van der Waals surface area contributed by atoms with Crippen molar-refractivity contribution >= 4 is 15.9 Å². The Balaban J connectivity index is 2.20. The van der Waals surface area contributed by atoms with Crippen LogP contribution in [0.4, 0.5) is 4.39 Å². The third kappa shape index (κ3) is 1.20. The van der Waals surface area contributed by atoms with E-state index in [4.69, 9.17) is 4.74 Å². The van der Waals surface area contributed by atoms with E-state index in [9.17, 15) is 4.39 Å². The zero-order valence-electron chi connectivity index (χ0n) is 4.49. The van der Waals surface area contributed by atoms with Crippen LogP contribution in [-0.2, 0) is 4.74 Å². The third-order valence-electron chi connectivity index (χ3n) is 1.26. The number of rotatable bonds is 2. The largest absolute Gasteiger partial charge is 0.375 e. The van der Waals surface area contributed by atoms with Crippen LogP contribution in [0.3, 0.4) is 0 Å². The van der Waals surface area contributed by atoms with Crippen LogP contribution in [0.5, 0.6) is 0 Å². The average molecular weight is 183 g/mol. The van der Waals surface area contributed by atoms with E-state index < -0.39 is 5.67 Å².